The fourth-order valence-electron chi connectivity index (χ4n) is 4.82. The topological polar surface area (TPSA) is 92.5 Å². The van der Waals surface area contributed by atoms with Gasteiger partial charge in [-0.15, -0.1) is 0 Å². The van der Waals surface area contributed by atoms with Gasteiger partial charge in [0.05, 0.1) is 16.9 Å². The van der Waals surface area contributed by atoms with Gasteiger partial charge in [-0.25, -0.2) is 4.79 Å². The Morgan fingerprint density at radius 3 is 1.95 bits per heavy atom. The summed E-state index contributed by atoms with van der Waals surface area (Å²) in [7, 11) is 0. The van der Waals surface area contributed by atoms with E-state index in [1.165, 1.54) is 0 Å². The fourth-order valence-corrected chi connectivity index (χ4v) is 4.82. The predicted molar refractivity (Wildman–Crippen MR) is 143 cm³/mol. The molecule has 178 valence electrons. The first-order valence-corrected chi connectivity index (χ1v) is 11.8. The Labute approximate surface area is 213 Å². The molecule has 1 aromatic heterocycles. The van der Waals surface area contributed by atoms with E-state index in [1.807, 2.05) is 91.0 Å². The van der Waals surface area contributed by atoms with Gasteiger partial charge in [0.25, 0.3) is 0 Å². The second kappa shape index (κ2) is 9.06. The van der Waals surface area contributed by atoms with Gasteiger partial charge in [-0.3, -0.25) is 0 Å². The number of fused-ring (bicyclic) bond motifs is 3. The molecule has 2 N–H and O–H groups in total. The van der Waals surface area contributed by atoms with Crippen LogP contribution in [0.25, 0.3) is 11.0 Å². The highest BCUT2D eigenvalue weighted by Crippen LogP contribution is 2.44. The van der Waals surface area contributed by atoms with Gasteiger partial charge in [0.1, 0.15) is 17.2 Å². The van der Waals surface area contributed by atoms with Gasteiger partial charge < -0.3 is 19.8 Å². The van der Waals surface area contributed by atoms with E-state index in [0.29, 0.717) is 16.7 Å². The van der Waals surface area contributed by atoms with E-state index in [1.54, 1.807) is 18.2 Å². The monoisotopic (exact) mass is 483 g/mol. The van der Waals surface area contributed by atoms with Crippen LogP contribution in [0.1, 0.15) is 17.0 Å². The minimum absolute atomic E-state index is 0.0185. The maximum atomic E-state index is 13.1. The molecule has 0 aliphatic carbocycles. The van der Waals surface area contributed by atoms with Gasteiger partial charge in [0, 0.05) is 17.1 Å². The normalized spacial score (nSPS) is 14.5. The molecule has 0 amide bonds. The largest absolute Gasteiger partial charge is 0.439 e. The highest BCUT2D eigenvalue weighted by molar-refractivity contribution is 5.86. The Morgan fingerprint density at radius 1 is 0.757 bits per heavy atom. The molecule has 1 atom stereocenters. The summed E-state index contributed by atoms with van der Waals surface area (Å²) >= 11 is 0. The third-order valence-corrected chi connectivity index (χ3v) is 6.49. The number of para-hydroxylation sites is 3. The number of anilines is 3. The first kappa shape index (κ1) is 22.2. The zero-order chi connectivity index (χ0) is 25.4. The average molecular weight is 484 g/mol. The lowest BCUT2D eigenvalue weighted by Crippen LogP contribution is -2.26. The molecular formula is C31H21N3O3. The molecule has 0 bridgehead atoms. The van der Waals surface area contributed by atoms with Crippen molar-refractivity contribution in [1.29, 1.82) is 5.26 Å². The van der Waals surface area contributed by atoms with Crippen LogP contribution in [0.15, 0.2) is 130 Å². The number of ether oxygens (including phenoxy) is 1. The molecule has 4 aromatic carbocycles. The summed E-state index contributed by atoms with van der Waals surface area (Å²) in [6.45, 7) is 0. The van der Waals surface area contributed by atoms with E-state index >= 15 is 0 Å². The summed E-state index contributed by atoms with van der Waals surface area (Å²) < 4.78 is 11.4. The van der Waals surface area contributed by atoms with Crippen LogP contribution in [-0.4, -0.2) is 0 Å². The first-order valence-electron chi connectivity index (χ1n) is 11.8. The number of rotatable bonds is 4. The van der Waals surface area contributed by atoms with Gasteiger partial charge in [-0.1, -0.05) is 60.7 Å². The standard InChI is InChI=1S/C31H21N3O3/c32-19-25-27(28-29(37-30(25)33)24-13-7-8-14-26(24)36-31(28)35)20-15-17-23(18-16-20)34(21-9-3-1-4-10-21)22-11-5-2-6-12-22/h1-18,27H,33H2. The lowest BCUT2D eigenvalue weighted by Gasteiger charge is -2.28. The van der Waals surface area contributed by atoms with E-state index in [2.05, 4.69) is 11.0 Å². The molecule has 6 rings (SSSR count). The SMILES string of the molecule is N#CC1=C(N)Oc2c(c(=O)oc3ccccc23)C1c1ccc(N(c2ccccc2)c2ccccc2)cc1. The fraction of sp³-hybridized carbons (Fsp3) is 0.0323. The summed E-state index contributed by atoms with van der Waals surface area (Å²) in [6.07, 6.45) is 0. The molecule has 37 heavy (non-hydrogen) atoms. The molecule has 0 saturated heterocycles. The molecular weight excluding hydrogens is 462 g/mol. The van der Waals surface area contributed by atoms with Crippen LogP contribution in [-0.2, 0) is 0 Å². The lowest BCUT2D eigenvalue weighted by atomic mass is 9.84. The third kappa shape index (κ3) is 3.79. The molecule has 0 fully saturated rings. The number of hydrogen-bond donors (Lipinski definition) is 1. The van der Waals surface area contributed by atoms with E-state index in [9.17, 15) is 10.1 Å². The number of allylic oxidation sites excluding steroid dienone is 1. The van der Waals surface area contributed by atoms with Gasteiger partial charge in [0.2, 0.25) is 5.88 Å². The van der Waals surface area contributed by atoms with Crippen LogP contribution in [0.4, 0.5) is 17.1 Å². The van der Waals surface area contributed by atoms with Crippen LogP contribution in [0.3, 0.4) is 0 Å². The van der Waals surface area contributed by atoms with Crippen molar-refractivity contribution >= 4 is 28.0 Å². The van der Waals surface area contributed by atoms with Gasteiger partial charge in [-0.05, 0) is 54.1 Å². The summed E-state index contributed by atoms with van der Waals surface area (Å²) in [4.78, 5) is 15.3. The third-order valence-electron chi connectivity index (χ3n) is 6.49. The van der Waals surface area contributed by atoms with Crippen molar-refractivity contribution in [2.24, 2.45) is 5.73 Å². The first-order chi connectivity index (χ1) is 18.2. The number of nitrogens with zero attached hydrogens (tertiary/aromatic N) is 2. The zero-order valence-electron chi connectivity index (χ0n) is 19.7. The van der Waals surface area contributed by atoms with Gasteiger partial charge in [-0.2, -0.15) is 5.26 Å². The Bertz CT molecular complexity index is 1700. The second-order valence-corrected chi connectivity index (χ2v) is 8.65. The van der Waals surface area contributed by atoms with Crippen molar-refractivity contribution in [1.82, 2.24) is 0 Å². The summed E-state index contributed by atoms with van der Waals surface area (Å²) in [5, 5.41) is 10.6. The zero-order valence-corrected chi connectivity index (χ0v) is 19.7. The lowest BCUT2D eigenvalue weighted by molar-refractivity contribution is 0.388. The van der Waals surface area contributed by atoms with Crippen LogP contribution < -0.4 is 21.0 Å². The van der Waals surface area contributed by atoms with Crippen molar-refractivity contribution in [3.8, 4) is 11.8 Å². The molecule has 0 radical (unpaired) electrons. The molecule has 1 unspecified atom stereocenters. The minimum atomic E-state index is -0.717. The highest BCUT2D eigenvalue weighted by Gasteiger charge is 2.35. The number of nitriles is 1. The molecule has 6 nitrogen and oxygen atoms in total. The molecule has 6 heteroatoms. The number of hydrogen-bond acceptors (Lipinski definition) is 6. The van der Waals surface area contributed by atoms with E-state index in [-0.39, 0.29) is 17.0 Å². The Kier molecular flexibility index (Phi) is 5.44. The molecule has 0 spiro atoms. The molecule has 0 saturated carbocycles. The second-order valence-electron chi connectivity index (χ2n) is 8.65. The highest BCUT2D eigenvalue weighted by atomic mass is 16.5. The quantitative estimate of drug-likeness (QED) is 0.294. The van der Waals surface area contributed by atoms with Crippen LogP contribution in [0.5, 0.6) is 5.75 Å². The number of nitrogens with two attached hydrogens (primary N) is 1. The van der Waals surface area contributed by atoms with E-state index in [4.69, 9.17) is 14.9 Å². The van der Waals surface area contributed by atoms with Crippen molar-refractivity contribution in [3.05, 3.63) is 142 Å². The van der Waals surface area contributed by atoms with E-state index in [0.717, 1.165) is 22.6 Å². The predicted octanol–water partition coefficient (Wildman–Crippen LogP) is 6.48. The van der Waals surface area contributed by atoms with Crippen molar-refractivity contribution in [2.75, 3.05) is 4.90 Å². The summed E-state index contributed by atoms with van der Waals surface area (Å²) in [6, 6.07) is 37.1. The molecule has 1 aliphatic rings. The summed E-state index contributed by atoms with van der Waals surface area (Å²) in [5.74, 6) is -0.409. The van der Waals surface area contributed by atoms with Gasteiger partial charge >= 0.3 is 5.63 Å². The maximum Gasteiger partial charge on any atom is 0.344 e. The average Bonchev–Trinajstić information content (AvgIpc) is 2.94. The smallest absolute Gasteiger partial charge is 0.344 e. The Hall–Kier alpha value is -5.28. The van der Waals surface area contributed by atoms with Crippen molar-refractivity contribution in [3.63, 3.8) is 0 Å². The molecule has 2 heterocycles. The minimum Gasteiger partial charge on any atom is -0.439 e. The van der Waals surface area contributed by atoms with Crippen molar-refractivity contribution in [2.45, 2.75) is 5.92 Å². The van der Waals surface area contributed by atoms with Crippen LogP contribution in [0.2, 0.25) is 0 Å². The maximum absolute atomic E-state index is 13.1. The van der Waals surface area contributed by atoms with Crippen molar-refractivity contribution < 1.29 is 9.15 Å². The number of benzene rings is 4. The summed E-state index contributed by atoms with van der Waals surface area (Å²) in [5.41, 5.74) is 10.1. The molecule has 1 aliphatic heterocycles. The van der Waals surface area contributed by atoms with Crippen LogP contribution in [0, 0.1) is 11.3 Å². The Balaban J connectivity index is 1.50. The van der Waals surface area contributed by atoms with Crippen LogP contribution >= 0.6 is 0 Å². The molecule has 5 aromatic rings. The van der Waals surface area contributed by atoms with Gasteiger partial charge in [0.15, 0.2) is 5.75 Å². The Morgan fingerprint density at radius 2 is 1.32 bits per heavy atom. The van der Waals surface area contributed by atoms with E-state index < -0.39 is 11.5 Å².